The van der Waals surface area contributed by atoms with Crippen molar-refractivity contribution >= 4 is 44.2 Å². The first-order valence-corrected chi connectivity index (χ1v) is 8.74. The van der Waals surface area contributed by atoms with Crippen LogP contribution < -0.4 is 5.63 Å². The van der Waals surface area contributed by atoms with E-state index in [1.54, 1.807) is 24.3 Å². The van der Waals surface area contributed by atoms with Gasteiger partial charge in [0.1, 0.15) is 16.2 Å². The van der Waals surface area contributed by atoms with Crippen LogP contribution in [-0.4, -0.2) is 18.1 Å². The molecule has 0 N–H and O–H groups in total. The second-order valence-electron chi connectivity index (χ2n) is 5.34. The molecule has 0 fully saturated rings. The maximum atomic E-state index is 12.2. The van der Waals surface area contributed by atoms with Crippen LogP contribution in [0.1, 0.15) is 26.5 Å². The Kier molecular flexibility index (Phi) is 4.31. The quantitative estimate of drug-likeness (QED) is 0.465. The molecule has 0 amide bonds. The molecule has 0 aliphatic carbocycles. The van der Waals surface area contributed by atoms with Crippen molar-refractivity contribution in [3.05, 3.63) is 48.7 Å². The van der Waals surface area contributed by atoms with E-state index >= 15 is 0 Å². The molecule has 7 heteroatoms. The van der Waals surface area contributed by atoms with Crippen LogP contribution in [0.2, 0.25) is 0 Å². The van der Waals surface area contributed by atoms with Gasteiger partial charge in [0.15, 0.2) is 0 Å². The molecule has 0 saturated carbocycles. The fourth-order valence-corrected chi connectivity index (χ4v) is 4.20. The average Bonchev–Trinajstić information content (AvgIpc) is 2.86. The third-order valence-electron chi connectivity index (χ3n) is 3.90. The molecule has 2 aromatic heterocycles. The van der Waals surface area contributed by atoms with Gasteiger partial charge in [-0.05, 0) is 38.5 Å². The predicted molar refractivity (Wildman–Crippen MR) is 96.8 cm³/mol. The Morgan fingerprint density at radius 2 is 2.00 bits per heavy atom. The van der Waals surface area contributed by atoms with Crippen molar-refractivity contribution in [1.82, 2.24) is 4.98 Å². The van der Waals surface area contributed by atoms with E-state index in [4.69, 9.17) is 9.15 Å². The van der Waals surface area contributed by atoms with E-state index in [0.29, 0.717) is 16.5 Å². The Balaban J connectivity index is 2.47. The fraction of sp³-hybridized carbons (Fsp3) is 0.235. The zero-order valence-electron chi connectivity index (χ0n) is 13.5. The van der Waals surface area contributed by atoms with Gasteiger partial charge in [0.25, 0.3) is 0 Å². The molecule has 0 radical (unpaired) electrons. The summed E-state index contributed by atoms with van der Waals surface area (Å²) in [4.78, 5) is 29.8. The number of thiazole rings is 1. The molecule has 0 unspecified atom stereocenters. The van der Waals surface area contributed by atoms with Gasteiger partial charge in [-0.25, -0.2) is 14.6 Å². The largest absolute Gasteiger partial charge is 0.465 e. The van der Waals surface area contributed by atoms with Crippen LogP contribution in [0.5, 0.6) is 0 Å². The number of nitrogens with zero attached hydrogens (tertiary/aromatic N) is 1. The number of aromatic nitrogens is 1. The molecule has 24 heavy (non-hydrogen) atoms. The zero-order valence-corrected chi connectivity index (χ0v) is 15.9. The van der Waals surface area contributed by atoms with Crippen molar-refractivity contribution in [1.29, 1.82) is 0 Å². The number of halogens is 1. The van der Waals surface area contributed by atoms with E-state index in [1.165, 1.54) is 7.11 Å². The van der Waals surface area contributed by atoms with Gasteiger partial charge in [-0.1, -0.05) is 15.9 Å². The minimum Gasteiger partial charge on any atom is -0.465 e. The summed E-state index contributed by atoms with van der Waals surface area (Å²) in [7, 11) is 1.24. The SMILES string of the molecule is COC(=O)c1c(C)c2c(-c3nc(C)c(C)s3)c(Br)ccc2oc1=O. The molecule has 5 nitrogen and oxygen atoms in total. The number of methoxy groups -OCH3 is 1. The Labute approximate surface area is 150 Å². The molecule has 2 heterocycles. The molecule has 0 aliphatic rings. The lowest BCUT2D eigenvalue weighted by atomic mass is 10.0. The van der Waals surface area contributed by atoms with Gasteiger partial charge in [0.05, 0.1) is 12.8 Å². The molecule has 3 aromatic rings. The first kappa shape index (κ1) is 16.9. The monoisotopic (exact) mass is 407 g/mol. The summed E-state index contributed by atoms with van der Waals surface area (Å²) in [6.07, 6.45) is 0. The van der Waals surface area contributed by atoms with E-state index in [1.807, 2.05) is 19.9 Å². The molecule has 0 aliphatic heterocycles. The van der Waals surface area contributed by atoms with Crippen molar-refractivity contribution in [2.24, 2.45) is 0 Å². The molecular weight excluding hydrogens is 394 g/mol. The highest BCUT2D eigenvalue weighted by Gasteiger charge is 2.23. The second kappa shape index (κ2) is 6.14. The van der Waals surface area contributed by atoms with Crippen LogP contribution in [0, 0.1) is 20.8 Å². The third kappa shape index (κ3) is 2.57. The van der Waals surface area contributed by atoms with Gasteiger partial charge in [-0.3, -0.25) is 0 Å². The first-order valence-electron chi connectivity index (χ1n) is 7.13. The smallest absolute Gasteiger partial charge is 0.351 e. The highest BCUT2D eigenvalue weighted by molar-refractivity contribution is 9.10. The lowest BCUT2D eigenvalue weighted by Gasteiger charge is -2.11. The number of aryl methyl sites for hydroxylation is 3. The van der Waals surface area contributed by atoms with Gasteiger partial charge >= 0.3 is 11.6 Å². The van der Waals surface area contributed by atoms with E-state index < -0.39 is 11.6 Å². The number of hydrogen-bond acceptors (Lipinski definition) is 6. The maximum Gasteiger partial charge on any atom is 0.351 e. The minimum absolute atomic E-state index is 0.0886. The van der Waals surface area contributed by atoms with Crippen LogP contribution in [0.25, 0.3) is 21.5 Å². The second-order valence-corrected chi connectivity index (χ2v) is 7.39. The average molecular weight is 408 g/mol. The topological polar surface area (TPSA) is 69.4 Å². The summed E-state index contributed by atoms with van der Waals surface area (Å²) in [5.41, 5.74) is 1.90. The highest BCUT2D eigenvalue weighted by atomic mass is 79.9. The zero-order chi connectivity index (χ0) is 17.6. The Hall–Kier alpha value is -1.99. The Morgan fingerprint density at radius 3 is 2.58 bits per heavy atom. The van der Waals surface area contributed by atoms with E-state index in [0.717, 1.165) is 25.6 Å². The summed E-state index contributed by atoms with van der Waals surface area (Å²) in [5, 5.41) is 1.48. The van der Waals surface area contributed by atoms with Crippen LogP contribution >= 0.6 is 27.3 Å². The number of esters is 1. The summed E-state index contributed by atoms with van der Waals surface area (Å²) in [5.74, 6) is -0.708. The normalized spacial score (nSPS) is 11.0. The van der Waals surface area contributed by atoms with Crippen molar-refractivity contribution in [3.8, 4) is 10.6 Å². The number of carbonyl (C=O) groups excluding carboxylic acids is 1. The molecular formula is C17H14BrNO4S. The highest BCUT2D eigenvalue weighted by Crippen LogP contribution is 2.39. The number of rotatable bonds is 2. The summed E-state index contributed by atoms with van der Waals surface area (Å²) < 4.78 is 10.9. The van der Waals surface area contributed by atoms with Gasteiger partial charge in [-0.15, -0.1) is 11.3 Å². The van der Waals surface area contributed by atoms with Crippen LogP contribution in [-0.2, 0) is 4.74 Å². The lowest BCUT2D eigenvalue weighted by molar-refractivity contribution is 0.0595. The molecule has 0 saturated heterocycles. The summed E-state index contributed by atoms with van der Waals surface area (Å²) >= 11 is 5.10. The van der Waals surface area contributed by atoms with Crippen molar-refractivity contribution < 1.29 is 13.9 Å². The number of fused-ring (bicyclic) bond motifs is 1. The Bertz CT molecular complexity index is 1020. The molecule has 124 valence electrons. The standard InChI is InChI=1S/C17H14BrNO4S/c1-7-12-11(23-17(21)13(7)16(20)22-4)6-5-10(18)14(12)15-19-8(2)9(3)24-15/h5-6H,1-4H3. The minimum atomic E-state index is -0.708. The molecule has 3 rings (SSSR count). The predicted octanol–water partition coefficient (Wildman–Crippen LogP) is 4.39. The van der Waals surface area contributed by atoms with Crippen molar-refractivity contribution in [3.63, 3.8) is 0 Å². The van der Waals surface area contributed by atoms with Gasteiger partial charge < -0.3 is 9.15 Å². The number of carbonyl (C=O) groups is 1. The lowest BCUT2D eigenvalue weighted by Crippen LogP contribution is -2.17. The number of hydrogen-bond donors (Lipinski definition) is 0. The van der Waals surface area contributed by atoms with E-state index in [-0.39, 0.29) is 5.56 Å². The maximum absolute atomic E-state index is 12.2. The molecule has 0 atom stereocenters. The van der Waals surface area contributed by atoms with E-state index in [2.05, 4.69) is 20.9 Å². The fourth-order valence-electron chi connectivity index (χ4n) is 2.57. The van der Waals surface area contributed by atoms with E-state index in [9.17, 15) is 9.59 Å². The number of benzene rings is 1. The molecule has 0 spiro atoms. The van der Waals surface area contributed by atoms with Crippen LogP contribution in [0.4, 0.5) is 0 Å². The van der Waals surface area contributed by atoms with Crippen molar-refractivity contribution in [2.45, 2.75) is 20.8 Å². The molecule has 0 bridgehead atoms. The van der Waals surface area contributed by atoms with Gasteiger partial charge in [0.2, 0.25) is 0 Å². The number of ether oxygens (including phenoxy) is 1. The summed E-state index contributed by atoms with van der Waals surface area (Å²) in [6.45, 7) is 5.67. The first-order chi connectivity index (χ1) is 11.3. The van der Waals surface area contributed by atoms with Crippen molar-refractivity contribution in [2.75, 3.05) is 7.11 Å². The third-order valence-corrected chi connectivity index (χ3v) is 5.66. The van der Waals surface area contributed by atoms with Crippen LogP contribution in [0.15, 0.2) is 25.8 Å². The molecule has 1 aromatic carbocycles. The van der Waals surface area contributed by atoms with Gasteiger partial charge in [0, 0.05) is 20.3 Å². The Morgan fingerprint density at radius 1 is 1.29 bits per heavy atom. The van der Waals surface area contributed by atoms with Gasteiger partial charge in [-0.2, -0.15) is 0 Å². The summed E-state index contributed by atoms with van der Waals surface area (Å²) in [6, 6.07) is 3.51. The van der Waals surface area contributed by atoms with Crippen LogP contribution in [0.3, 0.4) is 0 Å².